The molecule has 0 radical (unpaired) electrons. The number of fused-ring (bicyclic) bond motifs is 2. The first-order valence-corrected chi connectivity index (χ1v) is 9.53. The van der Waals surface area contributed by atoms with Gasteiger partial charge >= 0.3 is 0 Å². The monoisotopic (exact) mass is 382 g/mol. The summed E-state index contributed by atoms with van der Waals surface area (Å²) in [5.41, 5.74) is 5.68. The Labute approximate surface area is 168 Å². The zero-order valence-electron chi connectivity index (χ0n) is 16.0. The van der Waals surface area contributed by atoms with Gasteiger partial charge in [0.15, 0.2) is 0 Å². The van der Waals surface area contributed by atoms with Gasteiger partial charge in [-0.15, -0.1) is 0 Å². The average molecular weight is 382 g/mol. The van der Waals surface area contributed by atoms with Crippen LogP contribution < -0.4 is 4.90 Å². The summed E-state index contributed by atoms with van der Waals surface area (Å²) >= 11 is 0. The van der Waals surface area contributed by atoms with Gasteiger partial charge in [-0.25, -0.2) is 4.39 Å². The van der Waals surface area contributed by atoms with Crippen LogP contribution >= 0.6 is 0 Å². The van der Waals surface area contributed by atoms with Crippen molar-refractivity contribution in [2.75, 3.05) is 11.9 Å². The smallest absolute Gasteiger partial charge is 0.258 e. The number of para-hydroxylation sites is 2. The number of carbonyl (C=O) groups excluding carboxylic acids is 1. The number of rotatable bonds is 3. The summed E-state index contributed by atoms with van der Waals surface area (Å²) in [6, 6.07) is 22.6. The number of anilines is 1. The van der Waals surface area contributed by atoms with Crippen molar-refractivity contribution in [1.29, 1.82) is 0 Å². The van der Waals surface area contributed by atoms with Crippen LogP contribution in [-0.2, 0) is 11.3 Å². The van der Waals surface area contributed by atoms with Crippen molar-refractivity contribution in [3.8, 4) is 0 Å². The van der Waals surface area contributed by atoms with E-state index in [0.717, 1.165) is 33.3 Å². The fourth-order valence-corrected chi connectivity index (χ4v) is 4.00. The molecule has 3 aromatic carbocycles. The summed E-state index contributed by atoms with van der Waals surface area (Å²) < 4.78 is 15.4. The van der Waals surface area contributed by atoms with E-state index in [4.69, 9.17) is 0 Å². The highest BCUT2D eigenvalue weighted by molar-refractivity contribution is 6.36. The van der Waals surface area contributed by atoms with Crippen molar-refractivity contribution >= 4 is 34.1 Å². The Morgan fingerprint density at radius 2 is 1.66 bits per heavy atom. The van der Waals surface area contributed by atoms with E-state index < -0.39 is 0 Å². The Morgan fingerprint density at radius 1 is 0.931 bits per heavy atom. The topological polar surface area (TPSA) is 25.2 Å². The zero-order valence-corrected chi connectivity index (χ0v) is 16.0. The van der Waals surface area contributed by atoms with Gasteiger partial charge in [-0.2, -0.15) is 0 Å². The lowest BCUT2D eigenvalue weighted by Crippen LogP contribution is -2.20. The van der Waals surface area contributed by atoms with Crippen molar-refractivity contribution in [3.63, 3.8) is 0 Å². The summed E-state index contributed by atoms with van der Waals surface area (Å²) in [4.78, 5) is 14.5. The van der Waals surface area contributed by atoms with Crippen molar-refractivity contribution in [1.82, 2.24) is 4.57 Å². The number of nitrogens with zero attached hydrogens (tertiary/aromatic N) is 2. The zero-order chi connectivity index (χ0) is 20.0. The fourth-order valence-electron chi connectivity index (χ4n) is 4.00. The minimum absolute atomic E-state index is 0.00145. The number of amides is 1. The first-order valence-electron chi connectivity index (χ1n) is 9.53. The van der Waals surface area contributed by atoms with E-state index in [-0.39, 0.29) is 11.7 Å². The maximum absolute atomic E-state index is 13.2. The molecule has 3 nitrogen and oxygen atoms in total. The Bertz CT molecular complexity index is 1270. The number of hydrogen-bond donors (Lipinski definition) is 0. The summed E-state index contributed by atoms with van der Waals surface area (Å²) in [6.07, 6.45) is 4.05. The van der Waals surface area contributed by atoms with Crippen LogP contribution in [0.4, 0.5) is 10.1 Å². The second kappa shape index (κ2) is 6.74. The van der Waals surface area contributed by atoms with Crippen molar-refractivity contribution < 1.29 is 9.18 Å². The van der Waals surface area contributed by atoms with Crippen LogP contribution in [0.25, 0.3) is 22.6 Å². The molecule has 0 saturated carbocycles. The van der Waals surface area contributed by atoms with E-state index in [2.05, 4.69) is 22.9 Å². The molecular weight excluding hydrogens is 363 g/mol. The van der Waals surface area contributed by atoms with Crippen molar-refractivity contribution in [2.24, 2.45) is 0 Å². The number of likely N-dealkylation sites (N-methyl/N-ethyl adjacent to an activating group) is 1. The Hall–Kier alpha value is -3.66. The highest BCUT2D eigenvalue weighted by Crippen LogP contribution is 2.37. The molecule has 4 heteroatoms. The summed E-state index contributed by atoms with van der Waals surface area (Å²) in [5, 5.41) is 1.09. The van der Waals surface area contributed by atoms with E-state index in [9.17, 15) is 9.18 Å². The molecule has 2 heterocycles. The lowest BCUT2D eigenvalue weighted by molar-refractivity contribution is -0.112. The molecule has 1 amide bonds. The first kappa shape index (κ1) is 17.4. The molecule has 29 heavy (non-hydrogen) atoms. The first-order chi connectivity index (χ1) is 14.1. The second-order valence-corrected chi connectivity index (χ2v) is 7.30. The van der Waals surface area contributed by atoms with Crippen LogP contribution in [-0.4, -0.2) is 17.5 Å². The third kappa shape index (κ3) is 2.93. The van der Waals surface area contributed by atoms with E-state index >= 15 is 0 Å². The normalized spacial score (nSPS) is 14.8. The second-order valence-electron chi connectivity index (χ2n) is 7.30. The Kier molecular flexibility index (Phi) is 4.06. The van der Waals surface area contributed by atoms with Crippen molar-refractivity contribution in [3.05, 3.63) is 102 Å². The Balaban J connectivity index is 1.62. The molecule has 4 aromatic rings. The third-order valence-corrected chi connectivity index (χ3v) is 5.48. The van der Waals surface area contributed by atoms with Crippen LogP contribution in [0.3, 0.4) is 0 Å². The molecule has 0 unspecified atom stereocenters. The minimum atomic E-state index is -0.237. The van der Waals surface area contributed by atoms with Gasteiger partial charge < -0.3 is 9.47 Å². The number of halogens is 1. The van der Waals surface area contributed by atoms with Gasteiger partial charge in [-0.3, -0.25) is 4.79 Å². The van der Waals surface area contributed by atoms with Crippen LogP contribution in [0.15, 0.2) is 79.0 Å². The molecular formula is C25H19FN2O. The van der Waals surface area contributed by atoms with Crippen LogP contribution in [0, 0.1) is 5.82 Å². The summed E-state index contributed by atoms with van der Waals surface area (Å²) in [7, 11) is 1.81. The Morgan fingerprint density at radius 3 is 2.48 bits per heavy atom. The van der Waals surface area contributed by atoms with Gasteiger partial charge in [0.25, 0.3) is 5.91 Å². The third-order valence-electron chi connectivity index (χ3n) is 5.48. The lowest BCUT2D eigenvalue weighted by Gasteiger charge is -2.07. The highest BCUT2D eigenvalue weighted by Gasteiger charge is 2.29. The van der Waals surface area contributed by atoms with Gasteiger partial charge in [0.05, 0.1) is 5.69 Å². The average Bonchev–Trinajstić information content (AvgIpc) is 3.21. The van der Waals surface area contributed by atoms with Gasteiger partial charge in [-0.1, -0.05) is 48.5 Å². The standard InChI is InChI=1S/C25H19FN2O/c1-27-23-8-4-3-7-21(23)22(25(27)29)14-18-16-28(24-9-5-2-6-20(18)24)15-17-10-12-19(26)13-11-17/h2-14,16H,15H2,1H3/b22-14+. The molecule has 0 spiro atoms. The maximum Gasteiger partial charge on any atom is 0.258 e. The lowest BCUT2D eigenvalue weighted by atomic mass is 10.0. The SMILES string of the molecule is CN1C(=O)/C(=C/c2cn(Cc3ccc(F)cc3)c3ccccc23)c2ccccc21. The molecule has 0 fully saturated rings. The van der Waals surface area contributed by atoms with E-state index in [1.807, 2.05) is 42.5 Å². The molecule has 0 N–H and O–H groups in total. The van der Waals surface area contributed by atoms with Gasteiger partial charge in [-0.05, 0) is 35.9 Å². The van der Waals surface area contributed by atoms with E-state index in [1.165, 1.54) is 12.1 Å². The molecule has 0 bridgehead atoms. The maximum atomic E-state index is 13.2. The van der Waals surface area contributed by atoms with Gasteiger partial charge in [0.2, 0.25) is 0 Å². The minimum Gasteiger partial charge on any atom is -0.342 e. The van der Waals surface area contributed by atoms with Crippen LogP contribution in [0.1, 0.15) is 16.7 Å². The largest absolute Gasteiger partial charge is 0.342 e. The predicted octanol–water partition coefficient (Wildman–Crippen LogP) is 5.35. The van der Waals surface area contributed by atoms with Gasteiger partial charge in [0, 0.05) is 47.4 Å². The number of benzene rings is 3. The fraction of sp³-hybridized carbons (Fsp3) is 0.0800. The summed E-state index contributed by atoms with van der Waals surface area (Å²) in [6.45, 7) is 0.633. The van der Waals surface area contributed by atoms with Crippen molar-refractivity contribution in [2.45, 2.75) is 6.54 Å². The summed E-state index contributed by atoms with van der Waals surface area (Å²) in [5.74, 6) is -0.236. The molecule has 0 saturated heterocycles. The molecule has 0 aliphatic carbocycles. The highest BCUT2D eigenvalue weighted by atomic mass is 19.1. The number of carbonyl (C=O) groups is 1. The molecule has 1 aliphatic heterocycles. The van der Waals surface area contributed by atoms with Crippen LogP contribution in [0.5, 0.6) is 0 Å². The molecule has 0 atom stereocenters. The van der Waals surface area contributed by atoms with E-state index in [1.54, 1.807) is 24.1 Å². The number of hydrogen-bond acceptors (Lipinski definition) is 1. The van der Waals surface area contributed by atoms with E-state index in [0.29, 0.717) is 12.1 Å². The van der Waals surface area contributed by atoms with Crippen LogP contribution in [0.2, 0.25) is 0 Å². The quantitative estimate of drug-likeness (QED) is 0.439. The van der Waals surface area contributed by atoms with Gasteiger partial charge in [0.1, 0.15) is 5.82 Å². The number of aromatic nitrogens is 1. The molecule has 5 rings (SSSR count). The molecule has 142 valence electrons. The predicted molar refractivity (Wildman–Crippen MR) is 115 cm³/mol. The molecule has 1 aromatic heterocycles. The molecule has 1 aliphatic rings.